The first-order valence-corrected chi connectivity index (χ1v) is 16.2. The van der Waals surface area contributed by atoms with E-state index in [2.05, 4.69) is 58.2 Å². The minimum atomic E-state index is -4.56. The van der Waals surface area contributed by atoms with Gasteiger partial charge < -0.3 is 15.5 Å². The van der Waals surface area contributed by atoms with E-state index in [0.29, 0.717) is 30.0 Å². The third-order valence-corrected chi connectivity index (χ3v) is 8.88. The quantitative estimate of drug-likeness (QED) is 0.182. The number of nitrogens with zero attached hydrogens (tertiary/aromatic N) is 6. The molecule has 12 heteroatoms. The smallest absolute Gasteiger partial charge is 0.350 e. The van der Waals surface area contributed by atoms with Crippen LogP contribution in [-0.2, 0) is 12.7 Å². The Kier molecular flexibility index (Phi) is 9.50. The number of piperazine rings is 1. The van der Waals surface area contributed by atoms with Gasteiger partial charge in [-0.2, -0.15) is 18.3 Å². The van der Waals surface area contributed by atoms with Crippen LogP contribution in [-0.4, -0.2) is 67.6 Å². The van der Waals surface area contributed by atoms with Crippen molar-refractivity contribution in [1.29, 1.82) is 0 Å². The molecule has 1 atom stereocenters. The molecule has 1 saturated heterocycles. The monoisotopic (exact) mass is 668 g/mol. The predicted octanol–water partition coefficient (Wildman–Crippen LogP) is 6.97. The van der Waals surface area contributed by atoms with Crippen LogP contribution in [0.25, 0.3) is 5.65 Å². The van der Waals surface area contributed by atoms with Gasteiger partial charge in [-0.3, -0.25) is 18.8 Å². The van der Waals surface area contributed by atoms with Crippen LogP contribution in [0.5, 0.6) is 0 Å². The Morgan fingerprint density at radius 1 is 1.06 bits per heavy atom. The van der Waals surface area contributed by atoms with Crippen LogP contribution in [0.15, 0.2) is 73.3 Å². The lowest BCUT2D eigenvalue weighted by molar-refractivity contribution is -0.138. The third-order valence-electron chi connectivity index (χ3n) is 8.88. The Labute approximate surface area is 283 Å². The highest BCUT2D eigenvalue weighted by molar-refractivity contribution is 6.04. The molecule has 3 aromatic heterocycles. The van der Waals surface area contributed by atoms with Crippen LogP contribution in [0, 0.1) is 18.8 Å². The lowest BCUT2D eigenvalue weighted by Gasteiger charge is -2.38. The number of aromatic nitrogens is 4. The van der Waals surface area contributed by atoms with Crippen LogP contribution < -0.4 is 10.6 Å². The summed E-state index contributed by atoms with van der Waals surface area (Å²) >= 11 is 0. The molecular formula is C37H39F3N8O. The van der Waals surface area contributed by atoms with E-state index in [4.69, 9.17) is 0 Å². The highest BCUT2D eigenvalue weighted by Crippen LogP contribution is 2.35. The number of aryl methyl sites for hydroxylation is 1. The van der Waals surface area contributed by atoms with Gasteiger partial charge in [0.1, 0.15) is 5.69 Å². The fourth-order valence-corrected chi connectivity index (χ4v) is 5.84. The van der Waals surface area contributed by atoms with Gasteiger partial charge in [0.15, 0.2) is 5.65 Å². The maximum Gasteiger partial charge on any atom is 0.416 e. The van der Waals surface area contributed by atoms with Gasteiger partial charge in [0.2, 0.25) is 0 Å². The second-order valence-electron chi connectivity index (χ2n) is 12.9. The zero-order chi connectivity index (χ0) is 34.9. The van der Waals surface area contributed by atoms with Crippen molar-refractivity contribution >= 4 is 28.6 Å². The van der Waals surface area contributed by atoms with Crippen LogP contribution in [0.4, 0.5) is 30.2 Å². The normalized spacial score (nSPS) is 15.7. The summed E-state index contributed by atoms with van der Waals surface area (Å²) in [5.41, 5.74) is 4.25. The summed E-state index contributed by atoms with van der Waals surface area (Å²) < 4.78 is 46.2. The van der Waals surface area contributed by atoms with Gasteiger partial charge in [0.05, 0.1) is 29.3 Å². The number of nitrogens with one attached hydrogen (secondary N) is 2. The molecule has 1 amide bonds. The van der Waals surface area contributed by atoms with Crippen molar-refractivity contribution in [2.75, 3.05) is 37.3 Å². The highest BCUT2D eigenvalue weighted by atomic mass is 19.4. The number of fused-ring (bicyclic) bond motifs is 1. The van der Waals surface area contributed by atoms with E-state index in [-0.39, 0.29) is 35.4 Å². The van der Waals surface area contributed by atoms with Gasteiger partial charge in [-0.1, -0.05) is 18.1 Å². The Morgan fingerprint density at radius 2 is 1.88 bits per heavy atom. The number of pyridine rings is 1. The summed E-state index contributed by atoms with van der Waals surface area (Å²) in [7, 11) is 2.02. The minimum absolute atomic E-state index is 0.0766. The number of benzene rings is 2. The number of carbonyl (C=O) groups excluding carboxylic acids is 1. The number of alkyl halides is 3. The van der Waals surface area contributed by atoms with E-state index in [1.54, 1.807) is 30.6 Å². The van der Waals surface area contributed by atoms with Gasteiger partial charge in [-0.15, -0.1) is 0 Å². The number of carbonyl (C=O) groups is 1. The van der Waals surface area contributed by atoms with Crippen LogP contribution in [0.3, 0.4) is 0 Å². The molecule has 0 unspecified atom stereocenters. The molecule has 5 aromatic rings. The number of hydrogen-bond acceptors (Lipinski definition) is 6. The van der Waals surface area contributed by atoms with E-state index < -0.39 is 17.6 Å². The van der Waals surface area contributed by atoms with Gasteiger partial charge in [0.25, 0.3) is 5.91 Å². The van der Waals surface area contributed by atoms with Crippen molar-refractivity contribution in [3.63, 3.8) is 0 Å². The summed E-state index contributed by atoms with van der Waals surface area (Å²) in [5, 5.41) is 10.4. The van der Waals surface area contributed by atoms with Crippen LogP contribution in [0.1, 0.15) is 65.1 Å². The molecule has 2 aromatic carbocycles. The van der Waals surface area contributed by atoms with Crippen molar-refractivity contribution in [1.82, 2.24) is 29.0 Å². The van der Waals surface area contributed by atoms with E-state index in [9.17, 15) is 18.0 Å². The zero-order valence-corrected chi connectivity index (χ0v) is 28.1. The average Bonchev–Trinajstić information content (AvgIpc) is 3.70. The Morgan fingerprint density at radius 3 is 2.61 bits per heavy atom. The minimum Gasteiger partial charge on any atom is -0.350 e. The number of amides is 1. The van der Waals surface area contributed by atoms with E-state index in [0.717, 1.165) is 29.5 Å². The SMILES string of the molecule is Cc1ccc(C(=O)Nc2ccc(CN3CCN(C)[C@@H](C)C3)c(C(F)(F)F)c2)cc1C#Cc1cnc2c(Nc3cnn(C(C)C)c3)cccn12. The maximum atomic E-state index is 14.2. The molecule has 1 aliphatic heterocycles. The van der Waals surface area contributed by atoms with Crippen molar-refractivity contribution in [2.45, 2.75) is 52.5 Å². The number of hydrogen-bond donors (Lipinski definition) is 2. The molecule has 2 N–H and O–H groups in total. The summed E-state index contributed by atoms with van der Waals surface area (Å²) in [6, 6.07) is 13.4. The molecule has 0 spiro atoms. The largest absolute Gasteiger partial charge is 0.416 e. The molecule has 0 saturated carbocycles. The number of likely N-dealkylation sites (N-methyl/N-ethyl adjacent to an activating group) is 1. The Bertz CT molecular complexity index is 2050. The maximum absolute atomic E-state index is 14.2. The van der Waals surface area contributed by atoms with E-state index >= 15 is 0 Å². The Hall–Kier alpha value is -5.12. The molecule has 1 fully saturated rings. The zero-order valence-electron chi connectivity index (χ0n) is 28.1. The third kappa shape index (κ3) is 7.63. The second kappa shape index (κ2) is 13.8. The van der Waals surface area contributed by atoms with Gasteiger partial charge in [-0.05, 0) is 88.2 Å². The highest BCUT2D eigenvalue weighted by Gasteiger charge is 2.34. The van der Waals surface area contributed by atoms with Crippen molar-refractivity contribution in [2.24, 2.45) is 0 Å². The topological polar surface area (TPSA) is 82.7 Å². The molecule has 0 radical (unpaired) electrons. The molecule has 9 nitrogen and oxygen atoms in total. The summed E-state index contributed by atoms with van der Waals surface area (Å²) in [5.74, 6) is 5.79. The van der Waals surface area contributed by atoms with Crippen molar-refractivity contribution in [3.8, 4) is 11.8 Å². The lowest BCUT2D eigenvalue weighted by atomic mass is 10.0. The molecule has 0 aliphatic carbocycles. The molecule has 49 heavy (non-hydrogen) atoms. The molecule has 1 aliphatic rings. The number of imidazole rings is 1. The van der Waals surface area contributed by atoms with Gasteiger partial charge in [-0.25, -0.2) is 4.98 Å². The summed E-state index contributed by atoms with van der Waals surface area (Å²) in [4.78, 5) is 22.1. The van der Waals surface area contributed by atoms with E-state index in [1.165, 1.54) is 12.1 Å². The van der Waals surface area contributed by atoms with Crippen LogP contribution in [0.2, 0.25) is 0 Å². The Balaban J connectivity index is 1.19. The second-order valence-corrected chi connectivity index (χ2v) is 12.9. The average molecular weight is 669 g/mol. The molecule has 4 heterocycles. The predicted molar refractivity (Wildman–Crippen MR) is 185 cm³/mol. The fraction of sp³-hybridized carbons (Fsp3) is 0.324. The van der Waals surface area contributed by atoms with Gasteiger partial charge in [0, 0.05) is 67.5 Å². The van der Waals surface area contributed by atoms with E-state index in [1.807, 2.05) is 52.5 Å². The lowest BCUT2D eigenvalue weighted by Crippen LogP contribution is -2.49. The fourth-order valence-electron chi connectivity index (χ4n) is 5.84. The van der Waals surface area contributed by atoms with Crippen molar-refractivity contribution in [3.05, 3.63) is 107 Å². The first kappa shape index (κ1) is 33.8. The number of halogens is 3. The molecule has 254 valence electrons. The standard InChI is InChI=1S/C37H39F3N8O/c1-24(2)48-23-31(19-42-48)43-34-7-6-14-47-32(20-41-35(34)47)13-11-27-17-28(9-8-25(27)3)36(49)44-30-12-10-29(33(18-30)37(38,39)40)22-46-16-15-45(5)26(4)21-46/h6-10,12,14,17-20,23-24,26,43H,15-16,21-22H2,1-5H3,(H,44,49)/t26-/m0/s1. The number of rotatable bonds is 7. The first-order chi connectivity index (χ1) is 23.4. The molecule has 6 rings (SSSR count). The van der Waals surface area contributed by atoms with Gasteiger partial charge >= 0.3 is 6.18 Å². The van der Waals surface area contributed by atoms with Crippen LogP contribution >= 0.6 is 0 Å². The molecular weight excluding hydrogens is 629 g/mol. The number of anilines is 3. The summed E-state index contributed by atoms with van der Waals surface area (Å²) in [6.45, 7) is 10.4. The van der Waals surface area contributed by atoms with Crippen molar-refractivity contribution < 1.29 is 18.0 Å². The molecule has 0 bridgehead atoms. The first-order valence-electron chi connectivity index (χ1n) is 16.2. The summed E-state index contributed by atoms with van der Waals surface area (Å²) in [6.07, 6.45) is 2.69.